The molecule has 0 spiro atoms. The van der Waals surface area contributed by atoms with Crippen molar-refractivity contribution in [1.82, 2.24) is 0 Å². The second-order valence-corrected chi connectivity index (χ2v) is 3.96. The highest BCUT2D eigenvalue weighted by atomic mass is 16.6. The van der Waals surface area contributed by atoms with Crippen molar-refractivity contribution in [1.29, 1.82) is 0 Å². The van der Waals surface area contributed by atoms with Gasteiger partial charge in [0.1, 0.15) is 11.5 Å². The maximum atomic E-state index is 11.6. The van der Waals surface area contributed by atoms with Gasteiger partial charge in [0.25, 0.3) is 0 Å². The third kappa shape index (κ3) is 3.84. The number of nitrogens with two attached hydrogens (primary N) is 1. The van der Waals surface area contributed by atoms with Gasteiger partial charge < -0.3 is 15.2 Å². The van der Waals surface area contributed by atoms with E-state index in [0.717, 1.165) is 0 Å². The Morgan fingerprint density at radius 2 is 1.55 bits per heavy atom. The Bertz CT molecular complexity index is 593. The average molecular weight is 271 g/mol. The lowest BCUT2D eigenvalue weighted by atomic mass is 10.2. The predicted octanol–water partition coefficient (Wildman–Crippen LogP) is 1.77. The van der Waals surface area contributed by atoms with Crippen LogP contribution in [0.2, 0.25) is 0 Å². The molecule has 5 heteroatoms. The molecule has 102 valence electrons. The highest BCUT2D eigenvalue weighted by Gasteiger charge is 2.07. The van der Waals surface area contributed by atoms with Crippen molar-refractivity contribution in [2.24, 2.45) is 5.73 Å². The molecule has 0 aromatic heterocycles. The van der Waals surface area contributed by atoms with Crippen LogP contribution in [0.25, 0.3) is 0 Å². The molecule has 0 saturated carbocycles. The molecule has 0 bridgehead atoms. The number of rotatable bonds is 5. The lowest BCUT2D eigenvalue weighted by Crippen LogP contribution is -2.17. The maximum Gasteiger partial charge on any atom is 0.349 e. The summed E-state index contributed by atoms with van der Waals surface area (Å²) in [6.45, 7) is -0.193. The second kappa shape index (κ2) is 6.38. The molecule has 2 aromatic rings. The summed E-state index contributed by atoms with van der Waals surface area (Å²) in [5.74, 6) is -0.138. The van der Waals surface area contributed by atoms with E-state index < -0.39 is 11.9 Å². The quantitative estimate of drug-likeness (QED) is 0.664. The van der Waals surface area contributed by atoms with Gasteiger partial charge in [-0.25, -0.2) is 4.79 Å². The molecule has 20 heavy (non-hydrogen) atoms. The van der Waals surface area contributed by atoms with Crippen molar-refractivity contribution in [2.75, 3.05) is 6.61 Å². The number of benzene rings is 2. The first-order valence-corrected chi connectivity index (χ1v) is 5.93. The molecule has 0 fully saturated rings. The van der Waals surface area contributed by atoms with E-state index in [-0.39, 0.29) is 6.61 Å². The summed E-state index contributed by atoms with van der Waals surface area (Å²) in [7, 11) is 0. The molecule has 0 aliphatic heterocycles. The summed E-state index contributed by atoms with van der Waals surface area (Å²) >= 11 is 0. The monoisotopic (exact) mass is 271 g/mol. The number of primary amides is 1. The van der Waals surface area contributed by atoms with Crippen LogP contribution in [0.5, 0.6) is 11.5 Å². The molecule has 2 N–H and O–H groups in total. The fourth-order valence-corrected chi connectivity index (χ4v) is 1.51. The summed E-state index contributed by atoms with van der Waals surface area (Å²) in [6, 6.07) is 14.9. The van der Waals surface area contributed by atoms with Crippen LogP contribution in [0, 0.1) is 0 Å². The van der Waals surface area contributed by atoms with Gasteiger partial charge in [0.2, 0.25) is 5.91 Å². The van der Waals surface area contributed by atoms with Gasteiger partial charge in [0, 0.05) is 5.56 Å². The lowest BCUT2D eigenvalue weighted by molar-refractivity contribution is -0.136. The van der Waals surface area contributed by atoms with Crippen LogP contribution in [0.3, 0.4) is 0 Å². The molecular weight excluding hydrogens is 258 g/mol. The highest BCUT2D eigenvalue weighted by molar-refractivity contribution is 5.92. The molecule has 0 atom stereocenters. The second-order valence-electron chi connectivity index (χ2n) is 3.96. The van der Waals surface area contributed by atoms with Gasteiger partial charge in [-0.3, -0.25) is 4.79 Å². The van der Waals surface area contributed by atoms with Gasteiger partial charge in [-0.2, -0.15) is 0 Å². The van der Waals surface area contributed by atoms with Crippen LogP contribution in [0.15, 0.2) is 54.6 Å². The van der Waals surface area contributed by atoms with E-state index in [0.29, 0.717) is 17.1 Å². The third-order valence-corrected chi connectivity index (χ3v) is 2.47. The maximum absolute atomic E-state index is 11.6. The van der Waals surface area contributed by atoms with Crippen molar-refractivity contribution >= 4 is 11.9 Å². The van der Waals surface area contributed by atoms with Gasteiger partial charge in [-0.05, 0) is 36.4 Å². The van der Waals surface area contributed by atoms with E-state index in [9.17, 15) is 9.59 Å². The first kappa shape index (κ1) is 13.6. The minimum atomic E-state index is -0.532. The summed E-state index contributed by atoms with van der Waals surface area (Å²) < 4.78 is 10.3. The molecular formula is C15H13NO4. The van der Waals surface area contributed by atoms with Gasteiger partial charge in [0.05, 0.1) is 0 Å². The van der Waals surface area contributed by atoms with Crippen molar-refractivity contribution in [3.8, 4) is 11.5 Å². The summed E-state index contributed by atoms with van der Waals surface area (Å²) in [6.07, 6.45) is 0. The molecule has 0 radical (unpaired) electrons. The lowest BCUT2D eigenvalue weighted by Gasteiger charge is -2.06. The fraction of sp³-hybridized carbons (Fsp3) is 0.0667. The number of hydrogen-bond donors (Lipinski definition) is 1. The van der Waals surface area contributed by atoms with E-state index in [2.05, 4.69) is 0 Å². The Labute approximate surface area is 115 Å². The first-order chi connectivity index (χ1) is 9.65. The molecule has 0 saturated heterocycles. The third-order valence-electron chi connectivity index (χ3n) is 2.47. The number of carbonyl (C=O) groups is 2. The largest absolute Gasteiger partial charge is 0.482 e. The summed E-state index contributed by atoms with van der Waals surface area (Å²) in [5.41, 5.74) is 5.46. The van der Waals surface area contributed by atoms with Crippen molar-refractivity contribution in [3.05, 3.63) is 60.2 Å². The number of esters is 1. The van der Waals surface area contributed by atoms with Crippen molar-refractivity contribution < 1.29 is 19.1 Å². The Morgan fingerprint density at radius 1 is 0.900 bits per heavy atom. The number of para-hydroxylation sites is 1. The topological polar surface area (TPSA) is 78.6 Å². The van der Waals surface area contributed by atoms with Gasteiger partial charge >= 0.3 is 5.97 Å². The number of hydrogen-bond acceptors (Lipinski definition) is 4. The van der Waals surface area contributed by atoms with E-state index in [4.69, 9.17) is 15.2 Å². The molecule has 2 rings (SSSR count). The molecule has 0 heterocycles. The zero-order valence-electron chi connectivity index (χ0n) is 10.6. The number of carbonyl (C=O) groups excluding carboxylic acids is 2. The predicted molar refractivity (Wildman–Crippen MR) is 72.5 cm³/mol. The van der Waals surface area contributed by atoms with Crippen LogP contribution in [0.4, 0.5) is 0 Å². The minimum absolute atomic E-state index is 0.193. The molecule has 2 aromatic carbocycles. The van der Waals surface area contributed by atoms with Crippen LogP contribution in [-0.2, 0) is 4.79 Å². The Kier molecular flexibility index (Phi) is 4.34. The zero-order valence-corrected chi connectivity index (χ0v) is 10.6. The van der Waals surface area contributed by atoms with Crippen LogP contribution in [-0.4, -0.2) is 18.5 Å². The van der Waals surface area contributed by atoms with Crippen molar-refractivity contribution in [2.45, 2.75) is 0 Å². The average Bonchev–Trinajstić information content (AvgIpc) is 2.47. The standard InChI is InChI=1S/C15H13NO4/c16-15(18)11-6-8-13(9-7-11)20-14(17)10-19-12-4-2-1-3-5-12/h1-9H,10H2,(H2,16,18). The number of ether oxygens (including phenoxy) is 2. The van der Waals surface area contributed by atoms with Crippen LogP contribution >= 0.6 is 0 Å². The van der Waals surface area contributed by atoms with Gasteiger partial charge in [-0.1, -0.05) is 18.2 Å². The molecule has 0 aliphatic rings. The van der Waals surface area contributed by atoms with E-state index >= 15 is 0 Å². The summed E-state index contributed by atoms with van der Waals surface area (Å²) in [4.78, 5) is 22.5. The Hall–Kier alpha value is -2.82. The minimum Gasteiger partial charge on any atom is -0.482 e. The smallest absolute Gasteiger partial charge is 0.349 e. The molecule has 1 amide bonds. The molecule has 0 unspecified atom stereocenters. The zero-order chi connectivity index (χ0) is 14.4. The summed E-state index contributed by atoms with van der Waals surface area (Å²) in [5, 5.41) is 0. The molecule has 5 nitrogen and oxygen atoms in total. The molecule has 0 aliphatic carbocycles. The number of amides is 1. The van der Waals surface area contributed by atoms with E-state index in [1.54, 1.807) is 12.1 Å². The first-order valence-electron chi connectivity index (χ1n) is 5.93. The Balaban J connectivity index is 1.86. The normalized spacial score (nSPS) is 9.80. The van der Waals surface area contributed by atoms with Crippen LogP contribution in [0.1, 0.15) is 10.4 Å². The Morgan fingerprint density at radius 3 is 2.15 bits per heavy atom. The van der Waals surface area contributed by atoms with Gasteiger partial charge in [-0.15, -0.1) is 0 Å². The van der Waals surface area contributed by atoms with E-state index in [1.807, 2.05) is 18.2 Å². The SMILES string of the molecule is NC(=O)c1ccc(OC(=O)COc2ccccc2)cc1. The van der Waals surface area contributed by atoms with Gasteiger partial charge in [0.15, 0.2) is 6.61 Å². The highest BCUT2D eigenvalue weighted by Crippen LogP contribution is 2.13. The fourth-order valence-electron chi connectivity index (χ4n) is 1.51. The van der Waals surface area contributed by atoms with Crippen LogP contribution < -0.4 is 15.2 Å². The van der Waals surface area contributed by atoms with Crippen molar-refractivity contribution in [3.63, 3.8) is 0 Å². The van der Waals surface area contributed by atoms with E-state index in [1.165, 1.54) is 24.3 Å².